The number of nitrogens with one attached hydrogen (secondary N) is 1. The monoisotopic (exact) mass is 455 g/mol. The number of nitro groups is 1. The Morgan fingerprint density at radius 3 is 2.29 bits per heavy atom. The molecule has 0 fully saturated rings. The molecule has 9 heteroatoms. The number of hydrogen-bond donors (Lipinski definition) is 2. The molecule has 3 rings (SSSR count). The summed E-state index contributed by atoms with van der Waals surface area (Å²) in [4.78, 5) is 35.0. The molecule has 31 heavy (non-hydrogen) atoms. The maximum Gasteiger partial charge on any atom is 0.283 e. The lowest BCUT2D eigenvalue weighted by Gasteiger charge is -2.20. The van der Waals surface area contributed by atoms with Crippen molar-refractivity contribution in [3.63, 3.8) is 0 Å². The van der Waals surface area contributed by atoms with Crippen LogP contribution < -0.4 is 11.1 Å². The van der Waals surface area contributed by atoms with Crippen molar-refractivity contribution in [2.45, 2.75) is 10.9 Å². The smallest absolute Gasteiger partial charge is 0.283 e. The number of rotatable bonds is 8. The number of halogens is 1. The van der Waals surface area contributed by atoms with Gasteiger partial charge in [0.1, 0.15) is 0 Å². The summed E-state index contributed by atoms with van der Waals surface area (Å²) >= 11 is 6.99. The van der Waals surface area contributed by atoms with Crippen LogP contribution in [0.5, 0.6) is 0 Å². The van der Waals surface area contributed by atoms with Gasteiger partial charge in [-0.1, -0.05) is 54.1 Å². The summed E-state index contributed by atoms with van der Waals surface area (Å²) < 4.78 is 0. The van der Waals surface area contributed by atoms with Gasteiger partial charge in [-0.15, -0.1) is 11.8 Å². The molecule has 158 valence electrons. The van der Waals surface area contributed by atoms with E-state index < -0.39 is 16.9 Å². The van der Waals surface area contributed by atoms with Gasteiger partial charge >= 0.3 is 0 Å². The Kier molecular flexibility index (Phi) is 7.28. The van der Waals surface area contributed by atoms with Crippen molar-refractivity contribution in [3.05, 3.63) is 105 Å². The highest BCUT2D eigenvalue weighted by molar-refractivity contribution is 8.00. The van der Waals surface area contributed by atoms with E-state index in [4.69, 9.17) is 17.3 Å². The normalized spacial score (nSPS) is 11.5. The van der Waals surface area contributed by atoms with E-state index in [0.29, 0.717) is 5.02 Å². The van der Waals surface area contributed by atoms with Crippen molar-refractivity contribution < 1.29 is 14.5 Å². The zero-order valence-corrected chi connectivity index (χ0v) is 17.7. The molecule has 0 aliphatic heterocycles. The first-order chi connectivity index (χ1) is 14.8. The van der Waals surface area contributed by atoms with E-state index in [1.54, 1.807) is 12.1 Å². The average molecular weight is 456 g/mol. The van der Waals surface area contributed by atoms with Crippen molar-refractivity contribution in [3.8, 4) is 0 Å². The number of nitro benzene ring substituents is 1. The number of hydrogen-bond acceptors (Lipinski definition) is 5. The van der Waals surface area contributed by atoms with Crippen LogP contribution in [-0.2, 0) is 4.79 Å². The van der Waals surface area contributed by atoms with Gasteiger partial charge in [-0.2, -0.15) is 0 Å². The number of amides is 2. The molecule has 0 saturated heterocycles. The van der Waals surface area contributed by atoms with Crippen LogP contribution in [0.3, 0.4) is 0 Å². The van der Waals surface area contributed by atoms with Crippen molar-refractivity contribution in [2.75, 3.05) is 5.75 Å². The van der Waals surface area contributed by atoms with E-state index in [2.05, 4.69) is 5.32 Å². The zero-order valence-electron chi connectivity index (χ0n) is 16.2. The van der Waals surface area contributed by atoms with E-state index in [9.17, 15) is 19.7 Å². The molecule has 1 unspecified atom stereocenters. The first kappa shape index (κ1) is 22.3. The Morgan fingerprint density at radius 1 is 1.03 bits per heavy atom. The van der Waals surface area contributed by atoms with E-state index in [1.165, 1.54) is 12.1 Å². The second kappa shape index (κ2) is 10.1. The summed E-state index contributed by atoms with van der Waals surface area (Å²) in [5, 5.41) is 14.9. The van der Waals surface area contributed by atoms with Crippen LogP contribution in [-0.4, -0.2) is 22.5 Å². The number of benzene rings is 3. The standard InChI is InChI=1S/C22H18ClN3O4S/c23-17-9-6-15(7-10-17)21(14-4-2-1-3-5-14)25-20(27)13-31-19-11-8-16(22(24)28)12-18(19)26(29)30/h1-12,21H,13H2,(H2,24,28)(H,25,27). The molecule has 0 radical (unpaired) electrons. The molecule has 3 N–H and O–H groups in total. The quantitative estimate of drug-likeness (QED) is 0.297. The van der Waals surface area contributed by atoms with E-state index in [1.807, 2.05) is 42.5 Å². The van der Waals surface area contributed by atoms with Crippen molar-refractivity contribution in [2.24, 2.45) is 5.73 Å². The van der Waals surface area contributed by atoms with Crippen LogP contribution >= 0.6 is 23.4 Å². The average Bonchev–Trinajstić information content (AvgIpc) is 2.77. The lowest BCUT2D eigenvalue weighted by molar-refractivity contribution is -0.387. The van der Waals surface area contributed by atoms with Crippen molar-refractivity contribution in [1.82, 2.24) is 5.32 Å². The third kappa shape index (κ3) is 5.84. The van der Waals surface area contributed by atoms with Gasteiger partial charge < -0.3 is 11.1 Å². The minimum Gasteiger partial charge on any atom is -0.366 e. The summed E-state index contributed by atoms with van der Waals surface area (Å²) in [5.41, 5.74) is 6.69. The first-order valence-corrected chi connectivity index (χ1v) is 10.5. The molecule has 0 bridgehead atoms. The van der Waals surface area contributed by atoms with Gasteiger partial charge in [0.05, 0.1) is 21.6 Å². The van der Waals surface area contributed by atoms with Gasteiger partial charge in [0.15, 0.2) is 0 Å². The summed E-state index contributed by atoms with van der Waals surface area (Å²) in [5.74, 6) is -1.11. The van der Waals surface area contributed by atoms with Crippen LogP contribution in [0, 0.1) is 10.1 Å². The minimum atomic E-state index is -0.758. The molecule has 1 atom stereocenters. The molecule has 0 aliphatic rings. The van der Waals surface area contributed by atoms with Crippen LogP contribution in [0.15, 0.2) is 77.7 Å². The Labute approximate surface area is 187 Å². The molecule has 3 aromatic carbocycles. The number of thioether (sulfide) groups is 1. The number of primary amides is 1. The predicted octanol–water partition coefficient (Wildman–Crippen LogP) is 4.35. The van der Waals surface area contributed by atoms with Crippen molar-refractivity contribution >= 4 is 40.9 Å². The van der Waals surface area contributed by atoms with Gasteiger partial charge in [-0.25, -0.2) is 0 Å². The highest BCUT2D eigenvalue weighted by Crippen LogP contribution is 2.30. The molecule has 7 nitrogen and oxygen atoms in total. The van der Waals surface area contributed by atoms with Crippen LogP contribution in [0.1, 0.15) is 27.5 Å². The van der Waals surface area contributed by atoms with Crippen LogP contribution in [0.25, 0.3) is 0 Å². The van der Waals surface area contributed by atoms with E-state index in [-0.39, 0.29) is 27.8 Å². The molecular weight excluding hydrogens is 438 g/mol. The molecule has 0 aliphatic carbocycles. The van der Waals surface area contributed by atoms with Gasteiger partial charge in [-0.05, 0) is 35.4 Å². The number of nitrogens with two attached hydrogens (primary N) is 1. The van der Waals surface area contributed by atoms with E-state index in [0.717, 1.165) is 29.0 Å². The largest absolute Gasteiger partial charge is 0.366 e. The van der Waals surface area contributed by atoms with Gasteiger partial charge in [-0.3, -0.25) is 19.7 Å². The van der Waals surface area contributed by atoms with Crippen LogP contribution in [0.4, 0.5) is 5.69 Å². The molecule has 3 aromatic rings. The minimum absolute atomic E-state index is 0.0346. The summed E-state index contributed by atoms with van der Waals surface area (Å²) in [6, 6.07) is 20.1. The Balaban J connectivity index is 1.77. The highest BCUT2D eigenvalue weighted by atomic mass is 35.5. The van der Waals surface area contributed by atoms with Crippen molar-refractivity contribution in [1.29, 1.82) is 0 Å². The van der Waals surface area contributed by atoms with Gasteiger partial charge in [0.2, 0.25) is 11.8 Å². The lowest BCUT2D eigenvalue weighted by Crippen LogP contribution is -2.30. The Bertz CT molecular complexity index is 1110. The van der Waals surface area contributed by atoms with Gasteiger partial charge in [0.25, 0.3) is 5.69 Å². The fourth-order valence-electron chi connectivity index (χ4n) is 2.94. The Hall–Kier alpha value is -3.36. The number of nitrogens with zero attached hydrogens (tertiary/aromatic N) is 1. The second-order valence-corrected chi connectivity index (χ2v) is 8.01. The molecule has 0 spiro atoms. The third-order valence-electron chi connectivity index (χ3n) is 4.44. The first-order valence-electron chi connectivity index (χ1n) is 9.16. The molecule has 2 amide bonds. The SMILES string of the molecule is NC(=O)c1ccc(SCC(=O)NC(c2ccccc2)c2ccc(Cl)cc2)c([N+](=O)[O-])c1. The van der Waals surface area contributed by atoms with Gasteiger partial charge in [0, 0.05) is 16.7 Å². The predicted molar refractivity (Wildman–Crippen MR) is 120 cm³/mol. The Morgan fingerprint density at radius 2 is 1.68 bits per heavy atom. The second-order valence-electron chi connectivity index (χ2n) is 6.56. The molecule has 0 heterocycles. The summed E-state index contributed by atoms with van der Waals surface area (Å²) in [7, 11) is 0. The lowest BCUT2D eigenvalue weighted by atomic mass is 9.99. The molecular formula is C22H18ClN3O4S. The maximum absolute atomic E-state index is 12.7. The fraction of sp³-hybridized carbons (Fsp3) is 0.0909. The fourth-order valence-corrected chi connectivity index (χ4v) is 3.88. The van der Waals surface area contributed by atoms with Crippen LogP contribution in [0.2, 0.25) is 5.02 Å². The molecule has 0 saturated carbocycles. The summed E-state index contributed by atoms with van der Waals surface area (Å²) in [6.07, 6.45) is 0. The van der Waals surface area contributed by atoms with E-state index >= 15 is 0 Å². The maximum atomic E-state index is 12.7. The number of carbonyl (C=O) groups excluding carboxylic acids is 2. The molecule has 0 aromatic heterocycles. The number of carbonyl (C=O) groups is 2. The third-order valence-corrected chi connectivity index (χ3v) is 5.76. The topological polar surface area (TPSA) is 115 Å². The zero-order chi connectivity index (χ0) is 22.4. The highest BCUT2D eigenvalue weighted by Gasteiger charge is 2.20. The summed E-state index contributed by atoms with van der Waals surface area (Å²) in [6.45, 7) is 0.